The van der Waals surface area contributed by atoms with Crippen molar-refractivity contribution in [2.75, 3.05) is 5.32 Å². The first-order valence-electron chi connectivity index (χ1n) is 12.7. The number of carbonyl (C=O) groups is 1. The monoisotopic (exact) mass is 604 g/mol. The van der Waals surface area contributed by atoms with Gasteiger partial charge in [-0.1, -0.05) is 24.2 Å². The van der Waals surface area contributed by atoms with E-state index in [0.717, 1.165) is 24.3 Å². The van der Waals surface area contributed by atoms with E-state index in [1.165, 1.54) is 24.3 Å². The molecule has 16 heteroatoms. The summed E-state index contributed by atoms with van der Waals surface area (Å²) in [4.78, 5) is 17.1. The number of hydrogen-bond acceptors (Lipinski definition) is 6. The van der Waals surface area contributed by atoms with Crippen LogP contribution in [-0.4, -0.2) is 42.0 Å². The minimum absolute atomic E-state index is 0.0526. The molecule has 0 aliphatic carbocycles. The van der Waals surface area contributed by atoms with Crippen molar-refractivity contribution in [2.45, 2.75) is 32.4 Å². The Morgan fingerprint density at radius 2 is 1.72 bits per heavy atom. The van der Waals surface area contributed by atoms with Gasteiger partial charge in [0.05, 0.1) is 28.8 Å². The Balaban J connectivity index is 1.60. The molecule has 10 nitrogen and oxygen atoms in total. The van der Waals surface area contributed by atoms with Gasteiger partial charge in [-0.25, -0.2) is 10.1 Å². The number of carbonyl (C=O) groups excluding carboxylic acids is 1. The smallest absolute Gasteiger partial charge is 0.406 e. The summed E-state index contributed by atoms with van der Waals surface area (Å²) < 4.78 is 86.5. The number of aryl methyl sites for hydroxylation is 2. The van der Waals surface area contributed by atoms with Crippen molar-refractivity contribution in [1.82, 2.24) is 29.8 Å². The Bertz CT molecular complexity index is 1820. The lowest BCUT2D eigenvalue weighted by atomic mass is 10.1. The average Bonchev–Trinajstić information content (AvgIpc) is 3.55. The number of aromatic nitrogens is 6. The van der Waals surface area contributed by atoms with Crippen LogP contribution in [0.1, 0.15) is 34.0 Å². The number of ether oxygens (including phenoxy) is 1. The number of nitrogens with zero attached hydrogens (tertiary/aromatic N) is 6. The summed E-state index contributed by atoms with van der Waals surface area (Å²) in [5.74, 6) is -0.876. The highest BCUT2D eigenvalue weighted by Crippen LogP contribution is 2.34. The number of fused-ring (bicyclic) bond motifs is 1. The van der Waals surface area contributed by atoms with Crippen LogP contribution in [0.25, 0.3) is 11.0 Å². The SMILES string of the molecule is CCc1cc(C(F)(F)F)cc2c1n(C)/c(=N\c1ccc(OC(F)(F)F)cc1)n2Cc1ccc(C(=O)Nc2nnn[nH]2)cc1. The molecule has 43 heavy (non-hydrogen) atoms. The number of benzene rings is 3. The molecule has 0 aliphatic heterocycles. The summed E-state index contributed by atoms with van der Waals surface area (Å²) in [5, 5.41) is 15.2. The zero-order valence-electron chi connectivity index (χ0n) is 22.5. The lowest BCUT2D eigenvalue weighted by Crippen LogP contribution is -2.24. The maximum atomic E-state index is 13.9. The van der Waals surface area contributed by atoms with Gasteiger partial charge in [0.1, 0.15) is 5.75 Å². The number of imidazole rings is 1. The van der Waals surface area contributed by atoms with Gasteiger partial charge in [-0.05, 0) is 76.5 Å². The molecule has 0 saturated carbocycles. The van der Waals surface area contributed by atoms with E-state index in [9.17, 15) is 31.1 Å². The third-order valence-corrected chi connectivity index (χ3v) is 6.48. The van der Waals surface area contributed by atoms with Crippen LogP contribution in [0.4, 0.5) is 38.0 Å². The fourth-order valence-corrected chi connectivity index (χ4v) is 4.56. The van der Waals surface area contributed by atoms with Gasteiger partial charge in [-0.3, -0.25) is 10.1 Å². The number of rotatable bonds is 7. The maximum absolute atomic E-state index is 13.9. The first-order chi connectivity index (χ1) is 20.3. The molecule has 2 heterocycles. The summed E-state index contributed by atoms with van der Waals surface area (Å²) in [6.07, 6.45) is -9.18. The predicted octanol–water partition coefficient (Wildman–Crippen LogP) is 5.51. The zero-order valence-corrected chi connectivity index (χ0v) is 22.5. The van der Waals surface area contributed by atoms with E-state index >= 15 is 0 Å². The molecule has 3 aromatic carbocycles. The molecular formula is C27H22F6N8O2. The number of halogens is 6. The van der Waals surface area contributed by atoms with Crippen LogP contribution in [0.5, 0.6) is 5.75 Å². The molecule has 5 rings (SSSR count). The average molecular weight is 605 g/mol. The standard InChI is InChI=1S/C27H22F6N8O2/c1-3-16-12-18(26(28,29)30)13-21-22(16)40(2)25(34-19-8-10-20(11-9-19)43-27(31,32)33)41(21)14-15-4-6-17(7-5-15)23(42)35-24-36-38-39-37-24/h4-13H,3,14H2,1-2H3,(H2,35,36,37,38,39,42)/b34-25+. The van der Waals surface area contributed by atoms with Gasteiger partial charge < -0.3 is 13.9 Å². The molecule has 0 atom stereocenters. The van der Waals surface area contributed by atoms with Gasteiger partial charge in [0.2, 0.25) is 11.6 Å². The number of alkyl halides is 6. The summed E-state index contributed by atoms with van der Waals surface area (Å²) in [6, 6.07) is 13.3. The number of H-pyrrole nitrogens is 1. The topological polar surface area (TPSA) is 115 Å². The van der Waals surface area contributed by atoms with Gasteiger partial charge >= 0.3 is 12.5 Å². The van der Waals surface area contributed by atoms with Crippen molar-refractivity contribution in [3.63, 3.8) is 0 Å². The molecule has 2 aromatic heterocycles. The number of hydrogen-bond donors (Lipinski definition) is 2. The van der Waals surface area contributed by atoms with Gasteiger partial charge in [-0.2, -0.15) is 13.2 Å². The van der Waals surface area contributed by atoms with Crippen LogP contribution < -0.4 is 15.7 Å². The van der Waals surface area contributed by atoms with Crippen LogP contribution in [-0.2, 0) is 26.2 Å². The Morgan fingerprint density at radius 1 is 1.02 bits per heavy atom. The predicted molar refractivity (Wildman–Crippen MR) is 141 cm³/mol. The largest absolute Gasteiger partial charge is 0.573 e. The minimum atomic E-state index is -4.87. The molecule has 0 bridgehead atoms. The second kappa shape index (κ2) is 11.3. The van der Waals surface area contributed by atoms with Gasteiger partial charge in [0.25, 0.3) is 5.91 Å². The van der Waals surface area contributed by atoms with Crippen LogP contribution in [0.3, 0.4) is 0 Å². The minimum Gasteiger partial charge on any atom is -0.406 e. The normalized spacial score (nSPS) is 12.6. The van der Waals surface area contributed by atoms with Crippen molar-refractivity contribution in [3.8, 4) is 5.75 Å². The quantitative estimate of drug-likeness (QED) is 0.238. The Kier molecular flexibility index (Phi) is 7.69. The molecule has 0 fully saturated rings. The van der Waals surface area contributed by atoms with E-state index in [1.54, 1.807) is 35.2 Å². The number of anilines is 1. The Morgan fingerprint density at radius 3 is 2.30 bits per heavy atom. The molecular weight excluding hydrogens is 582 g/mol. The Hall–Kier alpha value is -5.15. The molecule has 224 valence electrons. The van der Waals surface area contributed by atoms with E-state index < -0.39 is 29.8 Å². The molecule has 0 spiro atoms. The third kappa shape index (κ3) is 6.52. The fourth-order valence-electron chi connectivity index (χ4n) is 4.56. The maximum Gasteiger partial charge on any atom is 0.573 e. The number of nitrogens with one attached hydrogen (secondary N) is 2. The van der Waals surface area contributed by atoms with Gasteiger partial charge in [0, 0.05) is 12.6 Å². The van der Waals surface area contributed by atoms with E-state index in [2.05, 4.69) is 35.7 Å². The van der Waals surface area contributed by atoms with E-state index in [4.69, 9.17) is 0 Å². The van der Waals surface area contributed by atoms with E-state index in [1.807, 2.05) is 0 Å². The van der Waals surface area contributed by atoms with Crippen molar-refractivity contribution < 1.29 is 35.9 Å². The second-order valence-corrected chi connectivity index (χ2v) is 9.35. The lowest BCUT2D eigenvalue weighted by molar-refractivity contribution is -0.274. The zero-order chi connectivity index (χ0) is 30.9. The summed E-state index contributed by atoms with van der Waals surface area (Å²) in [7, 11) is 1.65. The summed E-state index contributed by atoms with van der Waals surface area (Å²) >= 11 is 0. The highest BCUT2D eigenvalue weighted by molar-refractivity contribution is 6.03. The van der Waals surface area contributed by atoms with Crippen LogP contribution >= 0.6 is 0 Å². The van der Waals surface area contributed by atoms with Gasteiger partial charge in [0.15, 0.2) is 0 Å². The molecule has 2 N–H and O–H groups in total. The lowest BCUT2D eigenvalue weighted by Gasteiger charge is -2.12. The van der Waals surface area contributed by atoms with Crippen LogP contribution in [0.15, 0.2) is 65.7 Å². The highest BCUT2D eigenvalue weighted by atomic mass is 19.4. The van der Waals surface area contributed by atoms with Gasteiger partial charge in [-0.15, -0.1) is 13.2 Å². The number of tetrazole rings is 1. The number of amides is 1. The van der Waals surface area contributed by atoms with E-state index in [0.29, 0.717) is 23.1 Å². The molecule has 0 saturated heterocycles. The first-order valence-corrected chi connectivity index (χ1v) is 12.7. The van der Waals surface area contributed by atoms with Crippen LogP contribution in [0.2, 0.25) is 0 Å². The molecule has 5 aromatic rings. The molecule has 0 radical (unpaired) electrons. The van der Waals surface area contributed by atoms with Crippen LogP contribution in [0, 0.1) is 0 Å². The van der Waals surface area contributed by atoms with Crippen molar-refractivity contribution in [2.24, 2.45) is 12.0 Å². The van der Waals surface area contributed by atoms with E-state index in [-0.39, 0.29) is 34.9 Å². The second-order valence-electron chi connectivity index (χ2n) is 9.35. The molecule has 0 aliphatic rings. The van der Waals surface area contributed by atoms with Crippen molar-refractivity contribution in [3.05, 3.63) is 88.5 Å². The first kappa shape index (κ1) is 29.3. The Labute approximate surface area is 238 Å². The number of aromatic amines is 1. The fraction of sp³-hybridized carbons (Fsp3) is 0.222. The van der Waals surface area contributed by atoms with Crippen molar-refractivity contribution in [1.29, 1.82) is 0 Å². The van der Waals surface area contributed by atoms with Crippen molar-refractivity contribution >= 4 is 28.6 Å². The summed E-state index contributed by atoms with van der Waals surface area (Å²) in [5.41, 5.74) is 1.78. The molecule has 1 amide bonds. The third-order valence-electron chi connectivity index (χ3n) is 6.48. The highest BCUT2D eigenvalue weighted by Gasteiger charge is 2.33. The summed E-state index contributed by atoms with van der Waals surface area (Å²) in [6.45, 7) is 1.80. The molecule has 0 unspecified atom stereocenters.